The number of amides is 3. The largest absolute Gasteiger partial charge is 0.508 e. The molecule has 3 aliphatic heterocycles. The molecule has 2 atom stereocenters. The number of phenols is 3. The van der Waals surface area contributed by atoms with Gasteiger partial charge in [-0.1, -0.05) is 27.7 Å². The van der Waals surface area contributed by atoms with Crippen LogP contribution in [0.1, 0.15) is 95.8 Å². The molecule has 70 heavy (non-hydrogen) atoms. The smallest absolute Gasteiger partial charge is 0.506 e. The van der Waals surface area contributed by atoms with Crippen molar-refractivity contribution in [1.29, 1.82) is 0 Å². The van der Waals surface area contributed by atoms with Gasteiger partial charge in [-0.3, -0.25) is 28.5 Å². The number of aryl methyl sites for hydroxylation is 1. The van der Waals surface area contributed by atoms with Crippen LogP contribution in [0.15, 0.2) is 65.5 Å². The maximum absolute atomic E-state index is 14.7. The molecule has 3 aliphatic rings. The molecule has 20 heteroatoms. The fourth-order valence-electron chi connectivity index (χ4n) is 10.0. The van der Waals surface area contributed by atoms with Crippen molar-refractivity contribution in [3.05, 3.63) is 110 Å². The molecule has 0 bridgehead atoms. The summed E-state index contributed by atoms with van der Waals surface area (Å²) in [5.74, 6) is -3.14. The number of fused-ring (bicyclic) bond motifs is 5. The average Bonchev–Trinajstić information content (AvgIpc) is 3.95. The number of carbonyl (C=O) groups is 5. The first-order chi connectivity index (χ1) is 33.5. The molecule has 3 aromatic carbocycles. The van der Waals surface area contributed by atoms with Crippen LogP contribution in [-0.4, -0.2) is 123 Å². The van der Waals surface area contributed by atoms with E-state index in [4.69, 9.17) is 14.5 Å². The van der Waals surface area contributed by atoms with Gasteiger partial charge in [0.05, 0.1) is 34.6 Å². The molecule has 0 radical (unpaired) electrons. The molecule has 6 aromatic rings. The van der Waals surface area contributed by atoms with Crippen LogP contribution in [0.5, 0.6) is 17.2 Å². The SMILES string of the molecule is CCNC(=O)c1nnc(-c2cc(C(C)C)c(O)cc2O)n1-c1ccc(C(=O)N2CCN(C(=O)C(OC(=O)O)C3(CC)C(=O)OCc4c3cc3n(c4=O)Cc4c-3nc3ccc(O)cc3c4CC)CC2)cc1. The Balaban J connectivity index is 0.989. The minimum absolute atomic E-state index is 0.0182. The van der Waals surface area contributed by atoms with Crippen molar-refractivity contribution in [2.75, 3.05) is 32.7 Å². The number of hydrogen-bond donors (Lipinski definition) is 5. The molecule has 3 amide bonds. The lowest BCUT2D eigenvalue weighted by Crippen LogP contribution is -2.61. The number of aromatic nitrogens is 5. The molecule has 1 saturated heterocycles. The lowest BCUT2D eigenvalue weighted by molar-refractivity contribution is -0.168. The number of phenolic OH excluding ortho intramolecular Hbond substituents is 3. The number of hydrogen-bond acceptors (Lipinski definition) is 14. The Morgan fingerprint density at radius 2 is 1.59 bits per heavy atom. The molecule has 6 heterocycles. The van der Waals surface area contributed by atoms with Crippen molar-refractivity contribution in [3.8, 4) is 45.7 Å². The summed E-state index contributed by atoms with van der Waals surface area (Å²) in [5, 5.41) is 53.6. The van der Waals surface area contributed by atoms with E-state index in [0.29, 0.717) is 41.1 Å². The minimum atomic E-state index is -2.08. The van der Waals surface area contributed by atoms with Crippen molar-refractivity contribution in [1.82, 2.24) is 39.4 Å². The highest BCUT2D eigenvalue weighted by atomic mass is 16.7. The summed E-state index contributed by atoms with van der Waals surface area (Å²) < 4.78 is 14.0. The molecule has 0 aliphatic carbocycles. The van der Waals surface area contributed by atoms with Crippen molar-refractivity contribution in [3.63, 3.8) is 0 Å². The summed E-state index contributed by atoms with van der Waals surface area (Å²) in [6.07, 6.45) is -3.44. The second kappa shape index (κ2) is 18.0. The predicted octanol–water partition coefficient (Wildman–Crippen LogP) is 4.98. The predicted molar refractivity (Wildman–Crippen MR) is 251 cm³/mol. The van der Waals surface area contributed by atoms with Crippen LogP contribution in [0.2, 0.25) is 0 Å². The fraction of sp³-hybridized carbons (Fsp3) is 0.340. The number of esters is 1. The van der Waals surface area contributed by atoms with Crippen molar-refractivity contribution in [2.24, 2.45) is 0 Å². The highest BCUT2D eigenvalue weighted by Crippen LogP contribution is 2.45. The number of carboxylic acid groups (broad SMARTS) is 1. The second-order valence-corrected chi connectivity index (χ2v) is 17.7. The highest BCUT2D eigenvalue weighted by molar-refractivity contribution is 5.98. The zero-order valence-corrected chi connectivity index (χ0v) is 39.0. The number of rotatable bonds is 11. The maximum Gasteiger partial charge on any atom is 0.506 e. The van der Waals surface area contributed by atoms with Gasteiger partial charge in [-0.15, -0.1) is 10.2 Å². The Hall–Kier alpha value is -8.29. The molecular weight excluding hydrogens is 905 g/mol. The number of cyclic esters (lactones) is 1. The lowest BCUT2D eigenvalue weighted by Gasteiger charge is -2.43. The lowest BCUT2D eigenvalue weighted by atomic mass is 9.70. The quantitative estimate of drug-likeness (QED) is 0.107. The van der Waals surface area contributed by atoms with Crippen LogP contribution in [0.3, 0.4) is 0 Å². The van der Waals surface area contributed by atoms with Gasteiger partial charge in [0.25, 0.3) is 23.3 Å². The van der Waals surface area contributed by atoms with Crippen LogP contribution in [0.25, 0.3) is 39.4 Å². The molecule has 0 spiro atoms. The monoisotopic (exact) mass is 954 g/mol. The molecule has 20 nitrogen and oxygen atoms in total. The number of nitrogens with zero attached hydrogens (tertiary/aromatic N) is 7. The van der Waals surface area contributed by atoms with Gasteiger partial charge in [-0.05, 0) is 97.0 Å². The Morgan fingerprint density at radius 3 is 2.24 bits per heavy atom. The normalized spacial score (nSPS) is 16.6. The molecule has 5 N–H and O–H groups in total. The Morgan fingerprint density at radius 1 is 0.871 bits per heavy atom. The second-order valence-electron chi connectivity index (χ2n) is 17.7. The summed E-state index contributed by atoms with van der Waals surface area (Å²) in [6, 6.07) is 15.5. The standard InChI is InChI=1S/C50H50N8O12/c1-6-29-31-19-28(59)13-14-36(31)52-40-33(29)23-57-37(40)21-35-34(46(57)64)24-69-48(66)50(35,7-2)41(70-49(67)68)47(65)56-17-15-55(16-18-56)45(63)26-9-11-27(12-10-26)58-42(53-54-43(58)44(62)51-8-3)32-20-30(25(4)5)38(60)22-39(32)61/h9-14,19-22,25,41,59-61H,6-8,15-18,23-24H2,1-5H3,(H,51,62)(H,67,68). The molecule has 2 unspecified atom stereocenters. The first kappa shape index (κ1) is 46.8. The zero-order valence-electron chi connectivity index (χ0n) is 39.0. The van der Waals surface area contributed by atoms with Crippen LogP contribution in [-0.2, 0) is 44.1 Å². The Kier molecular flexibility index (Phi) is 12.0. The summed E-state index contributed by atoms with van der Waals surface area (Å²) in [6.45, 7) is 8.97. The molecular formula is C50H50N8O12. The van der Waals surface area contributed by atoms with Crippen LogP contribution in [0.4, 0.5) is 4.79 Å². The van der Waals surface area contributed by atoms with E-state index in [2.05, 4.69) is 15.5 Å². The van der Waals surface area contributed by atoms with Crippen molar-refractivity contribution in [2.45, 2.75) is 78.0 Å². The van der Waals surface area contributed by atoms with Crippen LogP contribution >= 0.6 is 0 Å². The first-order valence-electron chi connectivity index (χ1n) is 23.0. The Labute approximate surface area is 399 Å². The van der Waals surface area contributed by atoms with E-state index < -0.39 is 53.5 Å². The molecule has 1 fully saturated rings. The minimum Gasteiger partial charge on any atom is -0.508 e. The van der Waals surface area contributed by atoms with Gasteiger partial charge in [-0.25, -0.2) is 9.78 Å². The van der Waals surface area contributed by atoms with E-state index in [1.54, 1.807) is 62.4 Å². The van der Waals surface area contributed by atoms with E-state index in [0.717, 1.165) is 16.5 Å². The third-order valence-electron chi connectivity index (χ3n) is 13.6. The fourth-order valence-corrected chi connectivity index (χ4v) is 10.0. The number of benzene rings is 3. The molecule has 362 valence electrons. The summed E-state index contributed by atoms with van der Waals surface area (Å²) >= 11 is 0. The van der Waals surface area contributed by atoms with Crippen molar-refractivity contribution >= 4 is 40.7 Å². The summed E-state index contributed by atoms with van der Waals surface area (Å²) in [7, 11) is 0. The highest BCUT2D eigenvalue weighted by Gasteiger charge is 2.58. The molecule has 3 aromatic heterocycles. The van der Waals surface area contributed by atoms with E-state index in [1.807, 2.05) is 20.8 Å². The van der Waals surface area contributed by atoms with Gasteiger partial charge in [0.15, 0.2) is 5.82 Å². The van der Waals surface area contributed by atoms with E-state index in [9.17, 15) is 49.2 Å². The first-order valence-corrected chi connectivity index (χ1v) is 23.0. The van der Waals surface area contributed by atoms with Gasteiger partial charge in [0.2, 0.25) is 11.9 Å². The van der Waals surface area contributed by atoms with Gasteiger partial charge in [0.1, 0.15) is 29.3 Å². The molecule has 0 saturated carbocycles. The van der Waals surface area contributed by atoms with E-state index in [1.165, 1.54) is 31.1 Å². The Bertz CT molecular complexity index is 3230. The third kappa shape index (κ3) is 7.59. The van der Waals surface area contributed by atoms with E-state index >= 15 is 0 Å². The number of aromatic hydroxyl groups is 3. The zero-order chi connectivity index (χ0) is 49.9. The number of nitrogens with one attached hydrogen (secondary N) is 1. The van der Waals surface area contributed by atoms with Gasteiger partial charge >= 0.3 is 12.1 Å². The summed E-state index contributed by atoms with van der Waals surface area (Å²) in [5.41, 5.74) is 2.08. The van der Waals surface area contributed by atoms with Gasteiger partial charge < -0.3 is 49.6 Å². The van der Waals surface area contributed by atoms with Gasteiger partial charge in [-0.2, -0.15) is 0 Å². The number of ether oxygens (including phenoxy) is 2. The number of pyridine rings is 2. The summed E-state index contributed by atoms with van der Waals surface area (Å²) in [4.78, 5) is 90.7. The maximum atomic E-state index is 14.7. The topological polar surface area (TPSA) is 269 Å². The van der Waals surface area contributed by atoms with Crippen LogP contribution in [0, 0.1) is 0 Å². The average molecular weight is 955 g/mol. The van der Waals surface area contributed by atoms with Crippen molar-refractivity contribution < 1.29 is 53.9 Å². The van der Waals surface area contributed by atoms with E-state index in [-0.39, 0.29) is 96.2 Å². The van der Waals surface area contributed by atoms with Gasteiger partial charge in [0, 0.05) is 61.0 Å². The third-order valence-corrected chi connectivity index (χ3v) is 13.6. The number of piperazine rings is 1. The number of carbonyl (C=O) groups excluding carboxylic acids is 4. The molecule has 9 rings (SSSR count). The van der Waals surface area contributed by atoms with Crippen LogP contribution < -0.4 is 10.9 Å².